The van der Waals surface area contributed by atoms with Crippen LogP contribution in [0.5, 0.6) is 5.75 Å². The second-order valence-electron chi connectivity index (χ2n) is 10.4. The Morgan fingerprint density at radius 2 is 1.92 bits per heavy atom. The molecular weight excluding hydrogens is 452 g/mol. The molecule has 4 rings (SSSR count). The summed E-state index contributed by atoms with van der Waals surface area (Å²) < 4.78 is 6.11. The van der Waals surface area contributed by atoms with E-state index in [2.05, 4.69) is 21.6 Å². The van der Waals surface area contributed by atoms with Crippen molar-refractivity contribution >= 4 is 12.2 Å². The molecular formula is C29H36N4O3. The fraction of sp³-hybridized carbons (Fsp3) is 0.552. The summed E-state index contributed by atoms with van der Waals surface area (Å²) in [5.41, 5.74) is 2.85. The van der Waals surface area contributed by atoms with Gasteiger partial charge in [-0.1, -0.05) is 12.8 Å². The first kappa shape index (κ1) is 25.8. The number of nitrogens with one attached hydrogen (secondary N) is 1. The van der Waals surface area contributed by atoms with Crippen molar-refractivity contribution in [3.05, 3.63) is 52.8 Å². The molecule has 7 heteroatoms. The van der Waals surface area contributed by atoms with Crippen LogP contribution in [0.4, 0.5) is 0 Å². The van der Waals surface area contributed by atoms with E-state index in [0.29, 0.717) is 17.2 Å². The van der Waals surface area contributed by atoms with Crippen LogP contribution in [0.2, 0.25) is 0 Å². The highest BCUT2D eigenvalue weighted by atomic mass is 16.5. The SMILES string of the molecule is Cc1cc(OC2CCC(NC(=O)c3ccc(CCC4CCCC(C=O)CC4)nn3)CC2)ccc1C#N. The Bertz CT molecular complexity index is 1070. The molecule has 2 saturated carbocycles. The van der Waals surface area contributed by atoms with E-state index in [4.69, 9.17) is 10.00 Å². The number of aromatic nitrogens is 2. The van der Waals surface area contributed by atoms with Gasteiger partial charge in [0.05, 0.1) is 23.4 Å². The van der Waals surface area contributed by atoms with Gasteiger partial charge < -0.3 is 14.8 Å². The van der Waals surface area contributed by atoms with Gasteiger partial charge >= 0.3 is 0 Å². The van der Waals surface area contributed by atoms with E-state index in [0.717, 1.165) is 87.5 Å². The molecule has 2 aliphatic carbocycles. The van der Waals surface area contributed by atoms with E-state index in [1.807, 2.05) is 25.1 Å². The quantitative estimate of drug-likeness (QED) is 0.409. The Kier molecular flexibility index (Phi) is 9.05. The summed E-state index contributed by atoms with van der Waals surface area (Å²) in [7, 11) is 0. The molecule has 7 nitrogen and oxygen atoms in total. The zero-order valence-corrected chi connectivity index (χ0v) is 21.1. The van der Waals surface area contributed by atoms with Gasteiger partial charge in [-0.05, 0) is 107 Å². The molecule has 2 fully saturated rings. The van der Waals surface area contributed by atoms with Crippen LogP contribution >= 0.6 is 0 Å². The van der Waals surface area contributed by atoms with Crippen LogP contribution < -0.4 is 10.1 Å². The van der Waals surface area contributed by atoms with Crippen LogP contribution in [-0.4, -0.2) is 34.5 Å². The van der Waals surface area contributed by atoms with Gasteiger partial charge in [0.2, 0.25) is 0 Å². The fourth-order valence-corrected chi connectivity index (χ4v) is 5.41. The molecule has 1 N–H and O–H groups in total. The largest absolute Gasteiger partial charge is 0.490 e. The van der Waals surface area contributed by atoms with Gasteiger partial charge in [-0.15, -0.1) is 5.10 Å². The third-order valence-electron chi connectivity index (χ3n) is 7.72. The van der Waals surface area contributed by atoms with Crippen LogP contribution in [0.1, 0.15) is 91.5 Å². The van der Waals surface area contributed by atoms with Gasteiger partial charge in [-0.25, -0.2) is 0 Å². The zero-order chi connectivity index (χ0) is 25.3. The number of aldehydes is 1. The van der Waals surface area contributed by atoms with Gasteiger partial charge in [0.15, 0.2) is 5.69 Å². The topological polar surface area (TPSA) is 105 Å². The summed E-state index contributed by atoms with van der Waals surface area (Å²) in [5.74, 6) is 1.49. The Morgan fingerprint density at radius 1 is 1.08 bits per heavy atom. The van der Waals surface area contributed by atoms with Crippen LogP contribution in [0.15, 0.2) is 30.3 Å². The maximum Gasteiger partial charge on any atom is 0.272 e. The number of carbonyl (C=O) groups excluding carboxylic acids is 2. The van der Waals surface area contributed by atoms with Gasteiger partial charge in [0.1, 0.15) is 12.0 Å². The lowest BCUT2D eigenvalue weighted by Crippen LogP contribution is -2.40. The number of ether oxygens (including phenoxy) is 1. The van der Waals surface area contributed by atoms with Crippen molar-refractivity contribution in [2.45, 2.75) is 89.7 Å². The number of nitrogens with zero attached hydrogens (tertiary/aromatic N) is 3. The third-order valence-corrected chi connectivity index (χ3v) is 7.72. The Labute approximate surface area is 213 Å². The number of amides is 1. The number of rotatable bonds is 8. The molecule has 190 valence electrons. The monoisotopic (exact) mass is 488 g/mol. The van der Waals surface area contributed by atoms with E-state index >= 15 is 0 Å². The van der Waals surface area contributed by atoms with Gasteiger partial charge in [0.25, 0.3) is 5.91 Å². The maximum atomic E-state index is 12.7. The zero-order valence-electron chi connectivity index (χ0n) is 21.1. The molecule has 1 amide bonds. The van der Waals surface area contributed by atoms with Gasteiger partial charge in [-0.2, -0.15) is 10.4 Å². The van der Waals surface area contributed by atoms with Gasteiger partial charge in [0, 0.05) is 12.0 Å². The minimum Gasteiger partial charge on any atom is -0.490 e. The molecule has 0 aliphatic heterocycles. The van der Waals surface area contributed by atoms with Gasteiger partial charge in [-0.3, -0.25) is 4.79 Å². The predicted molar refractivity (Wildman–Crippen MR) is 137 cm³/mol. The van der Waals surface area contributed by atoms with Crippen molar-refractivity contribution in [2.75, 3.05) is 0 Å². The Morgan fingerprint density at radius 3 is 2.61 bits per heavy atom. The molecule has 1 aromatic carbocycles. The standard InChI is InChI=1S/C29H36N4O3/c1-20-17-27(13-8-23(20)18-30)36-26-14-10-24(11-15-26)31-29(35)28-16-12-25(32-33-28)9-7-21-3-2-4-22(19-34)6-5-21/h8,12-13,16-17,19,21-22,24,26H,2-7,9-11,14-15H2,1H3,(H,31,35). The summed E-state index contributed by atoms with van der Waals surface area (Å²) in [6.07, 6.45) is 12.0. The summed E-state index contributed by atoms with van der Waals surface area (Å²) >= 11 is 0. The molecule has 0 bridgehead atoms. The average Bonchev–Trinajstić information content (AvgIpc) is 3.14. The average molecular weight is 489 g/mol. The highest BCUT2D eigenvalue weighted by Crippen LogP contribution is 2.29. The van der Waals surface area contributed by atoms with Crippen molar-refractivity contribution in [3.8, 4) is 11.8 Å². The Balaban J connectivity index is 1.19. The smallest absolute Gasteiger partial charge is 0.272 e. The van der Waals surface area contributed by atoms with Crippen molar-refractivity contribution in [1.82, 2.24) is 15.5 Å². The first-order valence-electron chi connectivity index (χ1n) is 13.3. The molecule has 0 radical (unpaired) electrons. The molecule has 0 saturated heterocycles. The van der Waals surface area contributed by atoms with Crippen molar-refractivity contribution < 1.29 is 14.3 Å². The second kappa shape index (κ2) is 12.6. The Hall–Kier alpha value is -3.27. The second-order valence-corrected chi connectivity index (χ2v) is 10.4. The van der Waals surface area contributed by atoms with Crippen LogP contribution in [0, 0.1) is 30.1 Å². The van der Waals surface area contributed by atoms with Crippen molar-refractivity contribution in [2.24, 2.45) is 11.8 Å². The lowest BCUT2D eigenvalue weighted by Gasteiger charge is -2.29. The van der Waals surface area contributed by atoms with Crippen molar-refractivity contribution in [1.29, 1.82) is 5.26 Å². The molecule has 2 atom stereocenters. The first-order valence-corrected chi connectivity index (χ1v) is 13.3. The first-order chi connectivity index (χ1) is 17.5. The minimum atomic E-state index is -0.176. The molecule has 36 heavy (non-hydrogen) atoms. The number of benzene rings is 1. The number of hydrogen-bond donors (Lipinski definition) is 1. The predicted octanol–water partition coefficient (Wildman–Crippen LogP) is 5.10. The number of aryl methyl sites for hydroxylation is 2. The van der Waals surface area contributed by atoms with E-state index in [1.165, 1.54) is 6.42 Å². The van der Waals surface area contributed by atoms with E-state index in [1.54, 1.807) is 12.1 Å². The fourth-order valence-electron chi connectivity index (χ4n) is 5.41. The lowest BCUT2D eigenvalue weighted by molar-refractivity contribution is -0.111. The highest BCUT2D eigenvalue weighted by molar-refractivity contribution is 5.92. The van der Waals surface area contributed by atoms with Crippen LogP contribution in [0.25, 0.3) is 0 Å². The van der Waals surface area contributed by atoms with Crippen LogP contribution in [0.3, 0.4) is 0 Å². The summed E-state index contributed by atoms with van der Waals surface area (Å²) in [6.45, 7) is 1.91. The summed E-state index contributed by atoms with van der Waals surface area (Å²) in [5, 5.41) is 20.7. The molecule has 2 aliphatic rings. The normalized spacial score (nSPS) is 24.2. The summed E-state index contributed by atoms with van der Waals surface area (Å²) in [6, 6.07) is 11.5. The third kappa shape index (κ3) is 7.13. The van der Waals surface area contributed by atoms with E-state index < -0.39 is 0 Å². The lowest BCUT2D eigenvalue weighted by atomic mass is 9.92. The highest BCUT2D eigenvalue weighted by Gasteiger charge is 2.25. The number of carbonyl (C=O) groups is 2. The molecule has 2 unspecified atom stereocenters. The maximum absolute atomic E-state index is 12.7. The van der Waals surface area contributed by atoms with E-state index in [9.17, 15) is 9.59 Å². The van der Waals surface area contributed by atoms with E-state index in [-0.39, 0.29) is 24.0 Å². The molecule has 0 spiro atoms. The number of nitriles is 1. The molecule has 1 heterocycles. The molecule has 1 aromatic heterocycles. The summed E-state index contributed by atoms with van der Waals surface area (Å²) in [4.78, 5) is 23.8. The van der Waals surface area contributed by atoms with Crippen LogP contribution in [-0.2, 0) is 11.2 Å². The minimum absolute atomic E-state index is 0.104. The van der Waals surface area contributed by atoms with Crippen molar-refractivity contribution in [3.63, 3.8) is 0 Å². The number of hydrogen-bond acceptors (Lipinski definition) is 6. The molecule has 2 aromatic rings.